The van der Waals surface area contributed by atoms with E-state index in [9.17, 15) is 5.11 Å². The average Bonchev–Trinajstić information content (AvgIpc) is 2.47. The second-order valence-corrected chi connectivity index (χ2v) is 5.30. The van der Waals surface area contributed by atoms with Crippen molar-refractivity contribution in [1.29, 1.82) is 0 Å². The standard InChI is InChI=1S/C15H24N2O2/c1-19-14-6-2-5-13(8-14)15(18)11-17-7-3-4-12(9-16)10-17/h2,5-6,8,12,15,18H,3-4,7,9-11,16H2,1H3. The number of aliphatic hydroxyl groups excluding tert-OH is 1. The quantitative estimate of drug-likeness (QED) is 0.844. The van der Waals surface area contributed by atoms with E-state index in [1.165, 1.54) is 12.8 Å². The SMILES string of the molecule is COc1cccc(C(O)CN2CCCC(CN)C2)c1. The lowest BCUT2D eigenvalue weighted by Gasteiger charge is -2.33. The molecule has 2 rings (SSSR count). The molecule has 3 N–H and O–H groups in total. The van der Waals surface area contributed by atoms with Gasteiger partial charge in [-0.2, -0.15) is 0 Å². The van der Waals surface area contributed by atoms with E-state index in [1.54, 1.807) is 7.11 Å². The summed E-state index contributed by atoms with van der Waals surface area (Å²) in [5.41, 5.74) is 6.65. The molecular formula is C15H24N2O2. The van der Waals surface area contributed by atoms with E-state index in [2.05, 4.69) is 4.90 Å². The Hall–Kier alpha value is -1.10. The van der Waals surface area contributed by atoms with Gasteiger partial charge in [0, 0.05) is 13.1 Å². The number of hydrogen-bond acceptors (Lipinski definition) is 4. The number of benzene rings is 1. The molecule has 106 valence electrons. The van der Waals surface area contributed by atoms with Crippen molar-refractivity contribution in [2.45, 2.75) is 18.9 Å². The average molecular weight is 264 g/mol. The second-order valence-electron chi connectivity index (χ2n) is 5.30. The highest BCUT2D eigenvalue weighted by Crippen LogP contribution is 2.22. The number of β-amino-alcohol motifs (C(OH)–C–C–N with tert-alkyl or cyclic N) is 1. The number of piperidine rings is 1. The third kappa shape index (κ3) is 3.93. The van der Waals surface area contributed by atoms with Gasteiger partial charge in [-0.25, -0.2) is 0 Å². The van der Waals surface area contributed by atoms with Crippen LogP contribution in [-0.2, 0) is 0 Å². The fourth-order valence-electron chi connectivity index (χ4n) is 2.71. The number of methoxy groups -OCH3 is 1. The van der Waals surface area contributed by atoms with Crippen molar-refractivity contribution < 1.29 is 9.84 Å². The summed E-state index contributed by atoms with van der Waals surface area (Å²) in [6, 6.07) is 7.64. The van der Waals surface area contributed by atoms with Crippen LogP contribution in [0.4, 0.5) is 0 Å². The number of nitrogens with two attached hydrogens (primary N) is 1. The van der Waals surface area contributed by atoms with Crippen LogP contribution >= 0.6 is 0 Å². The minimum absolute atomic E-state index is 0.466. The molecule has 0 saturated carbocycles. The monoisotopic (exact) mass is 264 g/mol. The van der Waals surface area contributed by atoms with Gasteiger partial charge in [0.1, 0.15) is 5.75 Å². The van der Waals surface area contributed by atoms with Gasteiger partial charge in [-0.15, -0.1) is 0 Å². The third-order valence-electron chi connectivity index (χ3n) is 3.85. The van der Waals surface area contributed by atoms with E-state index in [0.29, 0.717) is 12.5 Å². The Balaban J connectivity index is 1.94. The molecule has 0 aromatic heterocycles. The van der Waals surface area contributed by atoms with Gasteiger partial charge in [0.25, 0.3) is 0 Å². The summed E-state index contributed by atoms with van der Waals surface area (Å²) in [6.07, 6.45) is 1.92. The number of rotatable bonds is 5. The molecule has 0 radical (unpaired) electrons. The molecule has 4 nitrogen and oxygen atoms in total. The van der Waals surface area contributed by atoms with Crippen molar-refractivity contribution in [1.82, 2.24) is 4.90 Å². The minimum Gasteiger partial charge on any atom is -0.497 e. The highest BCUT2D eigenvalue weighted by atomic mass is 16.5. The molecule has 1 fully saturated rings. The van der Waals surface area contributed by atoms with Gasteiger partial charge < -0.3 is 20.5 Å². The zero-order valence-corrected chi connectivity index (χ0v) is 11.6. The molecule has 1 saturated heterocycles. The van der Waals surface area contributed by atoms with Crippen LogP contribution in [0.2, 0.25) is 0 Å². The van der Waals surface area contributed by atoms with Crippen molar-refractivity contribution >= 4 is 0 Å². The summed E-state index contributed by atoms with van der Waals surface area (Å²) in [7, 11) is 1.64. The lowest BCUT2D eigenvalue weighted by Crippen LogP contribution is -2.40. The van der Waals surface area contributed by atoms with Crippen LogP contribution in [0.25, 0.3) is 0 Å². The summed E-state index contributed by atoms with van der Waals surface area (Å²) in [4.78, 5) is 2.31. The van der Waals surface area contributed by atoms with E-state index in [0.717, 1.165) is 30.9 Å². The number of nitrogens with zero attached hydrogens (tertiary/aromatic N) is 1. The van der Waals surface area contributed by atoms with Crippen LogP contribution in [0.15, 0.2) is 24.3 Å². The van der Waals surface area contributed by atoms with E-state index < -0.39 is 6.10 Å². The fourth-order valence-corrected chi connectivity index (χ4v) is 2.71. The number of aliphatic hydroxyl groups is 1. The van der Waals surface area contributed by atoms with Crippen molar-refractivity contribution in [3.63, 3.8) is 0 Å². The van der Waals surface area contributed by atoms with Crippen molar-refractivity contribution in [2.24, 2.45) is 11.7 Å². The summed E-state index contributed by atoms with van der Waals surface area (Å²) in [5.74, 6) is 1.36. The Bertz CT molecular complexity index is 397. The Morgan fingerprint density at radius 1 is 1.53 bits per heavy atom. The van der Waals surface area contributed by atoms with Gasteiger partial charge in [-0.3, -0.25) is 0 Å². The normalized spacial score (nSPS) is 22.2. The van der Waals surface area contributed by atoms with Crippen LogP contribution in [0.1, 0.15) is 24.5 Å². The van der Waals surface area contributed by atoms with E-state index >= 15 is 0 Å². The Morgan fingerprint density at radius 3 is 3.11 bits per heavy atom. The molecule has 1 aromatic carbocycles. The number of likely N-dealkylation sites (tertiary alicyclic amines) is 1. The Morgan fingerprint density at radius 2 is 2.37 bits per heavy atom. The minimum atomic E-state index is -0.466. The predicted octanol–water partition coefficient (Wildman–Crippen LogP) is 1.40. The smallest absolute Gasteiger partial charge is 0.119 e. The van der Waals surface area contributed by atoms with Gasteiger partial charge in [-0.05, 0) is 49.5 Å². The zero-order chi connectivity index (χ0) is 13.7. The van der Waals surface area contributed by atoms with Crippen molar-refractivity contribution in [2.75, 3.05) is 33.3 Å². The maximum atomic E-state index is 10.3. The van der Waals surface area contributed by atoms with E-state index in [4.69, 9.17) is 10.5 Å². The molecule has 0 amide bonds. The summed E-state index contributed by atoms with van der Waals surface area (Å²) >= 11 is 0. The first-order valence-electron chi connectivity index (χ1n) is 6.97. The van der Waals surface area contributed by atoms with Gasteiger partial charge in [0.05, 0.1) is 13.2 Å². The molecular weight excluding hydrogens is 240 g/mol. The topological polar surface area (TPSA) is 58.7 Å². The van der Waals surface area contributed by atoms with Crippen molar-refractivity contribution in [3.05, 3.63) is 29.8 Å². The molecule has 1 heterocycles. The van der Waals surface area contributed by atoms with Crippen LogP contribution in [0, 0.1) is 5.92 Å². The largest absolute Gasteiger partial charge is 0.497 e. The van der Waals surface area contributed by atoms with Gasteiger partial charge in [0.15, 0.2) is 0 Å². The number of ether oxygens (including phenoxy) is 1. The molecule has 19 heavy (non-hydrogen) atoms. The van der Waals surface area contributed by atoms with Gasteiger partial charge >= 0.3 is 0 Å². The van der Waals surface area contributed by atoms with Crippen LogP contribution < -0.4 is 10.5 Å². The summed E-state index contributed by atoms with van der Waals surface area (Å²) < 4.78 is 5.19. The molecule has 1 aliphatic rings. The maximum absolute atomic E-state index is 10.3. The molecule has 4 heteroatoms. The molecule has 0 spiro atoms. The van der Waals surface area contributed by atoms with Crippen LogP contribution in [0.3, 0.4) is 0 Å². The fraction of sp³-hybridized carbons (Fsp3) is 0.600. The Kier molecular flexibility index (Phi) is 5.19. The number of hydrogen-bond donors (Lipinski definition) is 2. The van der Waals surface area contributed by atoms with E-state index in [1.807, 2.05) is 24.3 Å². The predicted molar refractivity (Wildman–Crippen MR) is 76.2 cm³/mol. The van der Waals surface area contributed by atoms with Gasteiger partial charge in [-0.1, -0.05) is 12.1 Å². The molecule has 2 unspecified atom stereocenters. The molecule has 2 atom stereocenters. The molecule has 1 aromatic rings. The highest BCUT2D eigenvalue weighted by molar-refractivity contribution is 5.29. The first-order valence-corrected chi connectivity index (χ1v) is 6.97. The van der Waals surface area contributed by atoms with Crippen LogP contribution in [-0.4, -0.2) is 43.3 Å². The van der Waals surface area contributed by atoms with Crippen molar-refractivity contribution in [3.8, 4) is 5.75 Å². The molecule has 0 aliphatic carbocycles. The first-order chi connectivity index (χ1) is 9.22. The zero-order valence-electron chi connectivity index (χ0n) is 11.6. The lowest BCUT2D eigenvalue weighted by molar-refractivity contribution is 0.0857. The van der Waals surface area contributed by atoms with E-state index in [-0.39, 0.29) is 0 Å². The molecule has 0 bridgehead atoms. The van der Waals surface area contributed by atoms with Crippen LogP contribution in [0.5, 0.6) is 5.75 Å². The summed E-state index contributed by atoms with van der Waals surface area (Å²) in [6.45, 7) is 3.46. The highest BCUT2D eigenvalue weighted by Gasteiger charge is 2.21. The lowest BCUT2D eigenvalue weighted by atomic mass is 9.97. The first kappa shape index (κ1) is 14.3. The third-order valence-corrected chi connectivity index (χ3v) is 3.85. The Labute approximate surface area is 115 Å². The second kappa shape index (κ2) is 6.89. The summed E-state index contributed by atoms with van der Waals surface area (Å²) in [5, 5.41) is 10.3. The maximum Gasteiger partial charge on any atom is 0.119 e. The molecule has 1 aliphatic heterocycles. The van der Waals surface area contributed by atoms with Gasteiger partial charge in [0.2, 0.25) is 0 Å².